The van der Waals surface area contributed by atoms with Crippen molar-refractivity contribution in [2.45, 2.75) is 26.7 Å². The molecule has 108 valence electrons. The molecule has 6 nitrogen and oxygen atoms in total. The van der Waals surface area contributed by atoms with Crippen LogP contribution in [0.4, 0.5) is 0 Å². The van der Waals surface area contributed by atoms with Crippen LogP contribution in [-0.4, -0.2) is 38.5 Å². The summed E-state index contributed by atoms with van der Waals surface area (Å²) in [5, 5.41) is 3.55. The highest BCUT2D eigenvalue weighted by Gasteiger charge is 2.47. The van der Waals surface area contributed by atoms with Crippen molar-refractivity contribution in [3.8, 4) is 0 Å². The summed E-state index contributed by atoms with van der Waals surface area (Å²) < 4.78 is 9.94. The van der Waals surface area contributed by atoms with Gasteiger partial charge in [-0.05, 0) is 20.3 Å². The van der Waals surface area contributed by atoms with E-state index in [9.17, 15) is 9.59 Å². The van der Waals surface area contributed by atoms with E-state index in [1.807, 2.05) is 0 Å². The van der Waals surface area contributed by atoms with Crippen LogP contribution >= 0.6 is 0 Å². The highest BCUT2D eigenvalue weighted by molar-refractivity contribution is 6.02. The molecule has 0 atom stereocenters. The molecule has 0 heterocycles. The van der Waals surface area contributed by atoms with Gasteiger partial charge in [0.2, 0.25) is 0 Å². The normalized spacial score (nSPS) is 11.1. The summed E-state index contributed by atoms with van der Waals surface area (Å²) in [5.74, 6) is -1.29. The molecule has 0 radical (unpaired) electrons. The monoisotopic (exact) mass is 271 g/mol. The molecule has 0 aliphatic heterocycles. The molecule has 0 unspecified atom stereocenters. The fourth-order valence-corrected chi connectivity index (χ4v) is 1.55. The van der Waals surface area contributed by atoms with E-state index in [4.69, 9.17) is 9.47 Å². The Kier molecular flexibility index (Phi) is 8.24. The van der Waals surface area contributed by atoms with Crippen molar-refractivity contribution in [3.05, 3.63) is 12.7 Å². The number of oxime groups is 1. The van der Waals surface area contributed by atoms with Crippen molar-refractivity contribution in [1.82, 2.24) is 0 Å². The van der Waals surface area contributed by atoms with Crippen molar-refractivity contribution >= 4 is 18.2 Å². The van der Waals surface area contributed by atoms with Gasteiger partial charge >= 0.3 is 11.9 Å². The molecule has 0 amide bonds. The lowest BCUT2D eigenvalue weighted by molar-refractivity contribution is -0.171. The minimum absolute atomic E-state index is 0.0323. The van der Waals surface area contributed by atoms with Crippen molar-refractivity contribution in [1.29, 1.82) is 0 Å². The molecule has 0 fully saturated rings. The average Bonchev–Trinajstić information content (AvgIpc) is 2.38. The van der Waals surface area contributed by atoms with E-state index in [2.05, 4.69) is 16.6 Å². The van der Waals surface area contributed by atoms with Crippen LogP contribution in [0.2, 0.25) is 0 Å². The van der Waals surface area contributed by atoms with E-state index in [1.54, 1.807) is 13.8 Å². The van der Waals surface area contributed by atoms with Crippen molar-refractivity contribution in [3.63, 3.8) is 0 Å². The third-order valence-electron chi connectivity index (χ3n) is 2.44. The third-order valence-corrected chi connectivity index (χ3v) is 2.44. The molecule has 0 aromatic carbocycles. The van der Waals surface area contributed by atoms with Gasteiger partial charge in [-0.1, -0.05) is 11.2 Å². The molecule has 0 rings (SSSR count). The number of allylic oxidation sites excluding steroid dienone is 1. The number of carbonyl (C=O) groups excluding carboxylic acids is 2. The largest absolute Gasteiger partial charge is 0.465 e. The highest BCUT2D eigenvalue weighted by Crippen LogP contribution is 2.30. The van der Waals surface area contributed by atoms with Crippen LogP contribution in [0.15, 0.2) is 17.8 Å². The van der Waals surface area contributed by atoms with Gasteiger partial charge in [-0.2, -0.15) is 0 Å². The number of carbonyl (C=O) groups is 2. The standard InChI is InChI=1S/C13H21NO5/c1-5-8-13(9-10-14-17-4,11(15)18-6-2)12(16)19-7-3/h5,10H,1,6-9H2,2-4H3/b14-10+. The minimum atomic E-state index is -1.45. The SMILES string of the molecule is C=CCC(C/C=N/OC)(C(=O)OCC)C(=O)OCC. The van der Waals surface area contributed by atoms with Crippen LogP contribution in [0.3, 0.4) is 0 Å². The first-order valence-corrected chi connectivity index (χ1v) is 6.09. The summed E-state index contributed by atoms with van der Waals surface area (Å²) in [6, 6.07) is 0. The van der Waals surface area contributed by atoms with Crippen LogP contribution < -0.4 is 0 Å². The Labute approximate surface area is 113 Å². The average molecular weight is 271 g/mol. The summed E-state index contributed by atoms with van der Waals surface area (Å²) in [4.78, 5) is 28.7. The fourth-order valence-electron chi connectivity index (χ4n) is 1.55. The Hall–Kier alpha value is -1.85. The smallest absolute Gasteiger partial charge is 0.324 e. The van der Waals surface area contributed by atoms with E-state index in [1.165, 1.54) is 19.4 Å². The Morgan fingerprint density at radius 2 is 1.68 bits per heavy atom. The van der Waals surface area contributed by atoms with Gasteiger partial charge in [0.15, 0.2) is 5.41 Å². The van der Waals surface area contributed by atoms with Gasteiger partial charge < -0.3 is 14.3 Å². The van der Waals surface area contributed by atoms with E-state index in [0.717, 1.165) is 0 Å². The summed E-state index contributed by atoms with van der Waals surface area (Å²) in [6.07, 6.45) is 2.97. The molecule has 0 saturated heterocycles. The molecule has 0 aliphatic rings. The predicted octanol–water partition coefficient (Wildman–Crippen LogP) is 1.70. The Balaban J connectivity index is 5.31. The number of hydrogen-bond acceptors (Lipinski definition) is 6. The predicted molar refractivity (Wildman–Crippen MR) is 70.6 cm³/mol. The van der Waals surface area contributed by atoms with Gasteiger partial charge in [-0.15, -0.1) is 6.58 Å². The summed E-state index contributed by atoms with van der Waals surface area (Å²) in [5.41, 5.74) is -1.45. The number of hydrogen-bond donors (Lipinski definition) is 0. The maximum Gasteiger partial charge on any atom is 0.324 e. The number of rotatable bonds is 9. The number of ether oxygens (including phenoxy) is 2. The Morgan fingerprint density at radius 3 is 2.05 bits per heavy atom. The Morgan fingerprint density at radius 1 is 1.16 bits per heavy atom. The second-order valence-corrected chi connectivity index (χ2v) is 3.69. The van der Waals surface area contributed by atoms with E-state index in [0.29, 0.717) is 0 Å². The molecule has 0 spiro atoms. The van der Waals surface area contributed by atoms with Crippen molar-refractivity contribution in [2.24, 2.45) is 10.6 Å². The molecular weight excluding hydrogens is 250 g/mol. The maximum atomic E-state index is 12.1. The first-order valence-electron chi connectivity index (χ1n) is 6.09. The molecular formula is C13H21NO5. The van der Waals surface area contributed by atoms with Crippen LogP contribution in [0.1, 0.15) is 26.7 Å². The Bertz CT molecular complexity index is 320. The van der Waals surface area contributed by atoms with Gasteiger partial charge in [0, 0.05) is 12.6 Å². The van der Waals surface area contributed by atoms with Gasteiger partial charge in [0.25, 0.3) is 0 Å². The van der Waals surface area contributed by atoms with Crippen molar-refractivity contribution in [2.75, 3.05) is 20.3 Å². The zero-order valence-electron chi connectivity index (χ0n) is 11.7. The molecule has 0 aliphatic carbocycles. The van der Waals surface area contributed by atoms with Crippen LogP contribution in [-0.2, 0) is 23.9 Å². The van der Waals surface area contributed by atoms with Crippen molar-refractivity contribution < 1.29 is 23.9 Å². The van der Waals surface area contributed by atoms with Crippen LogP contribution in [0.5, 0.6) is 0 Å². The first kappa shape index (κ1) is 17.2. The molecule has 19 heavy (non-hydrogen) atoms. The molecule has 6 heteroatoms. The number of esters is 2. The molecule has 0 N–H and O–H groups in total. The van der Waals surface area contributed by atoms with E-state index in [-0.39, 0.29) is 26.1 Å². The second-order valence-electron chi connectivity index (χ2n) is 3.69. The minimum Gasteiger partial charge on any atom is -0.465 e. The van der Waals surface area contributed by atoms with Gasteiger partial charge in [-0.25, -0.2) is 0 Å². The molecule has 0 bridgehead atoms. The molecule has 0 aromatic rings. The highest BCUT2D eigenvalue weighted by atomic mass is 16.6. The molecule has 0 saturated carbocycles. The summed E-state index contributed by atoms with van der Waals surface area (Å²) in [6.45, 7) is 7.27. The molecule has 0 aromatic heterocycles. The van der Waals surface area contributed by atoms with Crippen LogP contribution in [0, 0.1) is 5.41 Å². The third kappa shape index (κ3) is 4.73. The lowest BCUT2D eigenvalue weighted by Gasteiger charge is -2.26. The second kappa shape index (κ2) is 9.13. The van der Waals surface area contributed by atoms with Gasteiger partial charge in [-0.3, -0.25) is 9.59 Å². The zero-order chi connectivity index (χ0) is 14.7. The quantitative estimate of drug-likeness (QED) is 0.210. The van der Waals surface area contributed by atoms with E-state index >= 15 is 0 Å². The summed E-state index contributed by atoms with van der Waals surface area (Å²) in [7, 11) is 1.38. The lowest BCUT2D eigenvalue weighted by atomic mass is 9.81. The van der Waals surface area contributed by atoms with Crippen LogP contribution in [0.25, 0.3) is 0 Å². The summed E-state index contributed by atoms with van der Waals surface area (Å²) >= 11 is 0. The van der Waals surface area contributed by atoms with Gasteiger partial charge in [0.05, 0.1) is 13.2 Å². The fraction of sp³-hybridized carbons (Fsp3) is 0.615. The topological polar surface area (TPSA) is 74.2 Å². The van der Waals surface area contributed by atoms with E-state index < -0.39 is 17.4 Å². The van der Waals surface area contributed by atoms with Gasteiger partial charge in [0.1, 0.15) is 7.11 Å². The first-order chi connectivity index (χ1) is 9.08. The maximum absolute atomic E-state index is 12.1. The number of nitrogens with zero attached hydrogens (tertiary/aromatic N) is 1. The zero-order valence-corrected chi connectivity index (χ0v) is 11.7. The lowest BCUT2D eigenvalue weighted by Crippen LogP contribution is -2.42.